The molecule has 0 amide bonds. The van der Waals surface area contributed by atoms with Crippen LogP contribution in [0.2, 0.25) is 5.02 Å². The van der Waals surface area contributed by atoms with Gasteiger partial charge in [0.2, 0.25) is 9.81 Å². The van der Waals surface area contributed by atoms with Crippen LogP contribution in [-0.2, 0) is 16.2 Å². The molecule has 142 valence electrons. The predicted molar refractivity (Wildman–Crippen MR) is 95.4 cm³/mol. The van der Waals surface area contributed by atoms with Crippen molar-refractivity contribution < 1.29 is 21.6 Å². The second-order valence-electron chi connectivity index (χ2n) is 5.46. The molecular weight excluding hydrogens is 423 g/mol. The highest BCUT2D eigenvalue weighted by Gasteiger charge is 2.36. The first-order valence-electron chi connectivity index (χ1n) is 7.37. The van der Waals surface area contributed by atoms with Crippen molar-refractivity contribution in [3.05, 3.63) is 68.9 Å². The minimum atomic E-state index is -4.74. The summed E-state index contributed by atoms with van der Waals surface area (Å²) in [4.78, 5) is -0.553. The third-order valence-electron chi connectivity index (χ3n) is 3.39. The number of alkyl halides is 3. The van der Waals surface area contributed by atoms with Crippen LogP contribution in [0.4, 0.5) is 13.2 Å². The van der Waals surface area contributed by atoms with Crippen molar-refractivity contribution >= 4 is 33.0 Å². The molecule has 0 bridgehead atoms. The summed E-state index contributed by atoms with van der Waals surface area (Å²) >= 11 is 5.93. The van der Waals surface area contributed by atoms with Crippen molar-refractivity contribution in [2.45, 2.75) is 18.0 Å². The molecule has 0 aliphatic rings. The molecule has 0 unspecified atom stereocenters. The summed E-state index contributed by atoms with van der Waals surface area (Å²) < 4.78 is 68.7. The Kier molecular flexibility index (Phi) is 5.15. The van der Waals surface area contributed by atoms with Crippen molar-refractivity contribution in [2.75, 3.05) is 0 Å². The first-order valence-corrected chi connectivity index (χ1v) is 10.0. The fraction of sp³-hybridized carbons (Fsp3) is 0.125. The highest BCUT2D eigenvalue weighted by molar-refractivity contribution is 7.90. The number of halogens is 4. The van der Waals surface area contributed by atoms with E-state index in [2.05, 4.69) is 9.50 Å². The Labute approximate surface area is 161 Å². The molecule has 0 atom stereocenters. The van der Waals surface area contributed by atoms with Gasteiger partial charge in [-0.05, 0) is 43.3 Å². The zero-order valence-electron chi connectivity index (χ0n) is 13.6. The Bertz CT molecular complexity index is 1130. The highest BCUT2D eigenvalue weighted by Crippen LogP contribution is 2.30. The standard InChI is InChI=1S/C16H11ClF3N3O2S2/c1-10-2-8-13(9-3-10)27(24,25)22-15-23(12-6-4-11(17)5-7-12)21-14(26-15)16(18,19)20/h2-9H,1H3/b22-15+. The summed E-state index contributed by atoms with van der Waals surface area (Å²) in [5.74, 6) is 0. The third kappa shape index (κ3) is 4.40. The van der Waals surface area contributed by atoms with Gasteiger partial charge < -0.3 is 0 Å². The van der Waals surface area contributed by atoms with Crippen LogP contribution in [-0.4, -0.2) is 18.2 Å². The molecule has 0 radical (unpaired) electrons. The Morgan fingerprint density at radius 3 is 2.22 bits per heavy atom. The Morgan fingerprint density at radius 1 is 1.07 bits per heavy atom. The van der Waals surface area contributed by atoms with Crippen LogP contribution >= 0.6 is 22.9 Å². The summed E-state index contributed by atoms with van der Waals surface area (Å²) in [6, 6.07) is 11.6. The van der Waals surface area contributed by atoms with Gasteiger partial charge in [-0.15, -0.1) is 9.50 Å². The van der Waals surface area contributed by atoms with Crippen LogP contribution in [0.5, 0.6) is 0 Å². The summed E-state index contributed by atoms with van der Waals surface area (Å²) in [6.07, 6.45) is -4.74. The summed E-state index contributed by atoms with van der Waals surface area (Å²) in [6.45, 7) is 1.78. The maximum atomic E-state index is 13.1. The molecule has 0 fully saturated rings. The van der Waals surface area contributed by atoms with Crippen molar-refractivity contribution in [3.63, 3.8) is 0 Å². The quantitative estimate of drug-likeness (QED) is 0.621. The van der Waals surface area contributed by atoms with Crippen LogP contribution in [0, 0.1) is 6.92 Å². The molecule has 2 aromatic carbocycles. The lowest BCUT2D eigenvalue weighted by Gasteiger charge is -2.02. The Hall–Kier alpha value is -2.17. The van der Waals surface area contributed by atoms with E-state index in [1.165, 1.54) is 36.4 Å². The zero-order valence-corrected chi connectivity index (χ0v) is 16.0. The second-order valence-corrected chi connectivity index (χ2v) is 8.45. The van der Waals surface area contributed by atoms with Gasteiger partial charge >= 0.3 is 6.18 Å². The second kappa shape index (κ2) is 7.10. The molecule has 0 spiro atoms. The number of aromatic nitrogens is 2. The van der Waals surface area contributed by atoms with Crippen LogP contribution in [0.3, 0.4) is 0 Å². The van der Waals surface area contributed by atoms with Crippen LogP contribution in [0.15, 0.2) is 57.8 Å². The van der Waals surface area contributed by atoms with Crippen molar-refractivity contribution in [2.24, 2.45) is 4.40 Å². The smallest absolute Gasteiger partial charge is 0.204 e. The van der Waals surface area contributed by atoms with Gasteiger partial charge in [-0.1, -0.05) is 40.6 Å². The van der Waals surface area contributed by atoms with Crippen molar-refractivity contribution in [1.29, 1.82) is 0 Å². The number of sulfonamides is 1. The molecule has 11 heteroatoms. The lowest BCUT2D eigenvalue weighted by molar-refractivity contribution is -0.138. The van der Waals surface area contributed by atoms with E-state index < -0.39 is 26.0 Å². The molecule has 0 aliphatic carbocycles. The first kappa shape index (κ1) is 19.6. The van der Waals surface area contributed by atoms with Gasteiger partial charge in [0.05, 0.1) is 10.6 Å². The maximum absolute atomic E-state index is 13.1. The molecule has 1 aromatic heterocycles. The number of hydrogen-bond acceptors (Lipinski definition) is 4. The largest absolute Gasteiger partial charge is 0.445 e. The molecule has 27 heavy (non-hydrogen) atoms. The number of aryl methyl sites for hydroxylation is 1. The lowest BCUT2D eigenvalue weighted by atomic mass is 10.2. The van der Waals surface area contributed by atoms with Crippen LogP contribution < -0.4 is 4.80 Å². The minimum Gasteiger partial charge on any atom is -0.204 e. The van der Waals surface area contributed by atoms with Gasteiger partial charge in [-0.3, -0.25) is 0 Å². The third-order valence-corrected chi connectivity index (χ3v) is 5.99. The average molecular weight is 434 g/mol. The van der Waals surface area contributed by atoms with Gasteiger partial charge in [0.1, 0.15) is 0 Å². The molecule has 0 saturated heterocycles. The Morgan fingerprint density at radius 2 is 1.67 bits per heavy atom. The van der Waals surface area contributed by atoms with Crippen LogP contribution in [0.1, 0.15) is 10.6 Å². The van der Waals surface area contributed by atoms with E-state index in [1.807, 2.05) is 0 Å². The van der Waals surface area contributed by atoms with E-state index in [-0.39, 0.29) is 21.9 Å². The average Bonchev–Trinajstić information content (AvgIpc) is 2.99. The van der Waals surface area contributed by atoms with E-state index in [0.29, 0.717) is 5.02 Å². The number of nitrogens with zero attached hydrogens (tertiary/aromatic N) is 3. The van der Waals surface area contributed by atoms with E-state index in [9.17, 15) is 21.6 Å². The summed E-state index contributed by atoms with van der Waals surface area (Å²) in [7, 11) is -4.22. The normalized spacial score (nSPS) is 13.1. The molecule has 0 aliphatic heterocycles. The molecule has 0 saturated carbocycles. The van der Waals surface area contributed by atoms with Gasteiger partial charge in [0.25, 0.3) is 10.0 Å². The SMILES string of the molecule is Cc1ccc(S(=O)(=O)/N=c2/sc(C(F)(F)F)nn2-c2ccc(Cl)cc2)cc1. The minimum absolute atomic E-state index is 0.127. The summed E-state index contributed by atoms with van der Waals surface area (Å²) in [5, 5.41) is 2.64. The Balaban J connectivity index is 2.21. The number of rotatable bonds is 3. The summed E-state index contributed by atoms with van der Waals surface area (Å²) in [5.41, 5.74) is 1.03. The lowest BCUT2D eigenvalue weighted by Crippen LogP contribution is -2.17. The predicted octanol–water partition coefficient (Wildman–Crippen LogP) is 4.20. The van der Waals surface area contributed by atoms with E-state index in [0.717, 1.165) is 10.2 Å². The topological polar surface area (TPSA) is 64.3 Å². The molecular formula is C16H11ClF3N3O2S2. The van der Waals surface area contributed by atoms with Crippen molar-refractivity contribution in [3.8, 4) is 5.69 Å². The molecule has 3 aromatic rings. The van der Waals surface area contributed by atoms with E-state index in [4.69, 9.17) is 11.6 Å². The molecule has 5 nitrogen and oxygen atoms in total. The monoisotopic (exact) mass is 433 g/mol. The maximum Gasteiger partial charge on any atom is 0.445 e. The molecule has 0 N–H and O–H groups in total. The number of benzene rings is 2. The van der Waals surface area contributed by atoms with Crippen molar-refractivity contribution in [1.82, 2.24) is 9.78 Å². The number of hydrogen-bond donors (Lipinski definition) is 0. The highest BCUT2D eigenvalue weighted by atomic mass is 35.5. The first-order chi connectivity index (χ1) is 12.6. The van der Waals surface area contributed by atoms with E-state index >= 15 is 0 Å². The van der Waals surface area contributed by atoms with Gasteiger partial charge in [0, 0.05) is 5.02 Å². The van der Waals surface area contributed by atoms with E-state index in [1.54, 1.807) is 19.1 Å². The molecule has 1 heterocycles. The fourth-order valence-corrected chi connectivity index (χ4v) is 4.15. The molecule has 3 rings (SSSR count). The van der Waals surface area contributed by atoms with Crippen LogP contribution in [0.25, 0.3) is 5.69 Å². The fourth-order valence-electron chi connectivity index (χ4n) is 2.07. The van der Waals surface area contributed by atoms with Gasteiger partial charge in [-0.2, -0.15) is 21.6 Å². The van der Waals surface area contributed by atoms with Gasteiger partial charge in [-0.25, -0.2) is 4.68 Å². The zero-order chi connectivity index (χ0) is 19.8. The van der Waals surface area contributed by atoms with Gasteiger partial charge in [0.15, 0.2) is 0 Å².